The van der Waals surface area contributed by atoms with Gasteiger partial charge in [-0.05, 0) is 31.4 Å². The molecular formula is C15H24N2O. The third-order valence-corrected chi connectivity index (χ3v) is 3.66. The van der Waals surface area contributed by atoms with E-state index < -0.39 is 0 Å². The molecule has 0 aliphatic carbocycles. The lowest BCUT2D eigenvalue weighted by Gasteiger charge is -2.31. The Hall–Kier alpha value is -1.51. The fourth-order valence-corrected chi connectivity index (χ4v) is 2.09. The summed E-state index contributed by atoms with van der Waals surface area (Å²) in [6.45, 7) is 6.69. The molecule has 0 radical (unpaired) electrons. The minimum atomic E-state index is -0.0462. The molecule has 0 spiro atoms. The topological polar surface area (TPSA) is 41.1 Å². The van der Waals surface area contributed by atoms with E-state index in [0.29, 0.717) is 6.54 Å². The third-order valence-electron chi connectivity index (χ3n) is 3.66. The normalized spacial score (nSPS) is 11.1. The second-order valence-corrected chi connectivity index (χ2v) is 4.61. The molecule has 1 aromatic carbocycles. The highest BCUT2D eigenvalue weighted by molar-refractivity contribution is 5.81. The number of amides is 1. The number of para-hydroxylation sites is 1. The average Bonchev–Trinajstić information content (AvgIpc) is 2.44. The molecule has 3 heteroatoms. The number of benzene rings is 1. The Labute approximate surface area is 110 Å². The van der Waals surface area contributed by atoms with Crippen LogP contribution in [0.25, 0.3) is 0 Å². The van der Waals surface area contributed by atoms with Crippen molar-refractivity contribution in [1.29, 1.82) is 0 Å². The van der Waals surface area contributed by atoms with Crippen LogP contribution in [-0.2, 0) is 4.79 Å². The second kappa shape index (κ2) is 7.04. The molecule has 0 atom stereocenters. The first-order valence-corrected chi connectivity index (χ1v) is 6.75. The number of anilines is 1. The predicted octanol–water partition coefficient (Wildman–Crippen LogP) is 3.18. The van der Waals surface area contributed by atoms with Gasteiger partial charge in [0.1, 0.15) is 0 Å². The van der Waals surface area contributed by atoms with Gasteiger partial charge in [0.2, 0.25) is 5.91 Å². The second-order valence-electron chi connectivity index (χ2n) is 4.61. The Morgan fingerprint density at radius 1 is 1.06 bits per heavy atom. The minimum absolute atomic E-state index is 0.0462. The number of carbonyl (C=O) groups excluding carboxylic acids is 1. The predicted molar refractivity (Wildman–Crippen MR) is 76.7 cm³/mol. The van der Waals surface area contributed by atoms with Crippen LogP contribution in [0.2, 0.25) is 0 Å². The summed E-state index contributed by atoms with van der Waals surface area (Å²) in [5.74, 6) is 0.0596. The SMILES string of the molecule is CCC(CC)(CC)NC(=O)CNc1ccccc1. The largest absolute Gasteiger partial charge is 0.376 e. The van der Waals surface area contributed by atoms with Crippen LogP contribution in [0.4, 0.5) is 5.69 Å². The minimum Gasteiger partial charge on any atom is -0.376 e. The van der Waals surface area contributed by atoms with Gasteiger partial charge in [-0.3, -0.25) is 4.79 Å². The Morgan fingerprint density at radius 2 is 1.61 bits per heavy atom. The van der Waals surface area contributed by atoms with E-state index in [-0.39, 0.29) is 11.4 Å². The van der Waals surface area contributed by atoms with Gasteiger partial charge in [-0.2, -0.15) is 0 Å². The fraction of sp³-hybridized carbons (Fsp3) is 0.533. The van der Waals surface area contributed by atoms with E-state index in [2.05, 4.69) is 31.4 Å². The fourth-order valence-electron chi connectivity index (χ4n) is 2.09. The molecule has 0 aliphatic rings. The van der Waals surface area contributed by atoms with Crippen molar-refractivity contribution in [3.8, 4) is 0 Å². The molecule has 0 unspecified atom stereocenters. The van der Waals surface area contributed by atoms with Crippen LogP contribution in [-0.4, -0.2) is 18.0 Å². The molecule has 1 aromatic rings. The molecule has 100 valence electrons. The molecule has 0 bridgehead atoms. The van der Waals surface area contributed by atoms with Gasteiger partial charge in [-0.25, -0.2) is 0 Å². The lowest BCUT2D eigenvalue weighted by molar-refractivity contribution is -0.121. The summed E-state index contributed by atoms with van der Waals surface area (Å²) in [7, 11) is 0. The van der Waals surface area contributed by atoms with Gasteiger partial charge < -0.3 is 10.6 Å². The zero-order chi connectivity index (χ0) is 13.4. The Balaban J connectivity index is 2.46. The van der Waals surface area contributed by atoms with Crippen LogP contribution in [0, 0.1) is 0 Å². The first-order valence-electron chi connectivity index (χ1n) is 6.75. The van der Waals surface area contributed by atoms with Crippen molar-refractivity contribution in [2.45, 2.75) is 45.6 Å². The first kappa shape index (κ1) is 14.6. The molecule has 0 saturated heterocycles. The molecule has 18 heavy (non-hydrogen) atoms. The summed E-state index contributed by atoms with van der Waals surface area (Å²) in [4.78, 5) is 11.9. The third kappa shape index (κ3) is 4.06. The highest BCUT2D eigenvalue weighted by Crippen LogP contribution is 2.18. The maximum atomic E-state index is 11.9. The van der Waals surface area contributed by atoms with Crippen molar-refractivity contribution in [2.75, 3.05) is 11.9 Å². The maximum absolute atomic E-state index is 11.9. The molecule has 0 saturated carbocycles. The van der Waals surface area contributed by atoms with Gasteiger partial charge in [-0.15, -0.1) is 0 Å². The summed E-state index contributed by atoms with van der Waals surface area (Å²) >= 11 is 0. The van der Waals surface area contributed by atoms with Crippen LogP contribution in [0.15, 0.2) is 30.3 Å². The van der Waals surface area contributed by atoms with Crippen molar-refractivity contribution in [3.63, 3.8) is 0 Å². The molecule has 1 amide bonds. The van der Waals surface area contributed by atoms with Gasteiger partial charge in [0, 0.05) is 11.2 Å². The molecule has 0 aromatic heterocycles. The summed E-state index contributed by atoms with van der Waals surface area (Å²) in [5.41, 5.74) is 0.929. The van der Waals surface area contributed by atoms with Crippen molar-refractivity contribution in [3.05, 3.63) is 30.3 Å². The van der Waals surface area contributed by atoms with Gasteiger partial charge in [0.25, 0.3) is 0 Å². The highest BCUT2D eigenvalue weighted by Gasteiger charge is 2.25. The van der Waals surface area contributed by atoms with E-state index >= 15 is 0 Å². The summed E-state index contributed by atoms with van der Waals surface area (Å²) in [6.07, 6.45) is 2.91. The average molecular weight is 248 g/mol. The summed E-state index contributed by atoms with van der Waals surface area (Å²) < 4.78 is 0. The van der Waals surface area contributed by atoms with Crippen molar-refractivity contribution >= 4 is 11.6 Å². The smallest absolute Gasteiger partial charge is 0.239 e. The van der Waals surface area contributed by atoms with E-state index in [0.717, 1.165) is 24.9 Å². The molecule has 0 aliphatic heterocycles. The molecule has 0 fully saturated rings. The number of rotatable bonds is 7. The van der Waals surface area contributed by atoms with Gasteiger partial charge in [0.05, 0.1) is 6.54 Å². The maximum Gasteiger partial charge on any atom is 0.239 e. The van der Waals surface area contributed by atoms with Gasteiger partial charge >= 0.3 is 0 Å². The summed E-state index contributed by atoms with van der Waals surface area (Å²) in [5, 5.41) is 6.28. The first-order chi connectivity index (χ1) is 8.65. The van der Waals surface area contributed by atoms with E-state index in [1.807, 2.05) is 30.3 Å². The van der Waals surface area contributed by atoms with Gasteiger partial charge in [0.15, 0.2) is 0 Å². The zero-order valence-electron chi connectivity index (χ0n) is 11.6. The van der Waals surface area contributed by atoms with Gasteiger partial charge in [-0.1, -0.05) is 39.0 Å². The lowest BCUT2D eigenvalue weighted by Crippen LogP contribution is -2.49. The van der Waals surface area contributed by atoms with E-state index in [1.54, 1.807) is 0 Å². The quantitative estimate of drug-likeness (QED) is 0.778. The van der Waals surface area contributed by atoms with Crippen LogP contribution in [0.1, 0.15) is 40.0 Å². The van der Waals surface area contributed by atoms with Crippen LogP contribution in [0.5, 0.6) is 0 Å². The van der Waals surface area contributed by atoms with Crippen molar-refractivity contribution in [2.24, 2.45) is 0 Å². The van der Waals surface area contributed by atoms with Crippen LogP contribution < -0.4 is 10.6 Å². The monoisotopic (exact) mass is 248 g/mol. The Kier molecular flexibility index (Phi) is 5.69. The molecular weight excluding hydrogens is 224 g/mol. The van der Waals surface area contributed by atoms with Crippen molar-refractivity contribution in [1.82, 2.24) is 5.32 Å². The number of nitrogens with one attached hydrogen (secondary N) is 2. The van der Waals surface area contributed by atoms with E-state index in [9.17, 15) is 4.79 Å². The van der Waals surface area contributed by atoms with Crippen LogP contribution >= 0.6 is 0 Å². The number of hydrogen-bond donors (Lipinski definition) is 2. The molecule has 3 nitrogen and oxygen atoms in total. The molecule has 2 N–H and O–H groups in total. The number of carbonyl (C=O) groups is 1. The molecule has 1 rings (SSSR count). The van der Waals surface area contributed by atoms with E-state index in [1.165, 1.54) is 0 Å². The summed E-state index contributed by atoms with van der Waals surface area (Å²) in [6, 6.07) is 9.78. The zero-order valence-corrected chi connectivity index (χ0v) is 11.6. The number of hydrogen-bond acceptors (Lipinski definition) is 2. The van der Waals surface area contributed by atoms with Crippen molar-refractivity contribution < 1.29 is 4.79 Å². The Bertz CT molecular complexity index is 350. The van der Waals surface area contributed by atoms with Crippen LogP contribution in [0.3, 0.4) is 0 Å². The lowest BCUT2D eigenvalue weighted by atomic mass is 9.90. The van der Waals surface area contributed by atoms with E-state index in [4.69, 9.17) is 0 Å². The Morgan fingerprint density at radius 3 is 2.11 bits per heavy atom. The highest BCUT2D eigenvalue weighted by atomic mass is 16.2. The standard InChI is InChI=1S/C15H24N2O/c1-4-15(5-2,6-3)17-14(18)12-16-13-10-8-7-9-11-13/h7-11,16H,4-6,12H2,1-3H3,(H,17,18). The molecule has 0 heterocycles.